The zero-order valence-electron chi connectivity index (χ0n) is 18.1. The SMILES string of the molecule is CC1(C)CNC(=O)c2cnn3ccc(nc23)N2CCC[C@@H]2C2(C)CC(F)=CN=C2OC1. The van der Waals surface area contributed by atoms with E-state index < -0.39 is 5.41 Å². The van der Waals surface area contributed by atoms with E-state index in [2.05, 4.69) is 20.3 Å². The van der Waals surface area contributed by atoms with E-state index in [1.807, 2.05) is 33.0 Å². The van der Waals surface area contributed by atoms with E-state index in [1.54, 1.807) is 10.7 Å². The molecule has 31 heavy (non-hydrogen) atoms. The van der Waals surface area contributed by atoms with Crippen LogP contribution in [0.15, 0.2) is 35.5 Å². The maximum Gasteiger partial charge on any atom is 0.256 e. The summed E-state index contributed by atoms with van der Waals surface area (Å²) in [6.45, 7) is 7.63. The molecule has 0 aliphatic carbocycles. The Morgan fingerprint density at radius 1 is 1.32 bits per heavy atom. The number of amides is 1. The largest absolute Gasteiger partial charge is 0.480 e. The van der Waals surface area contributed by atoms with Crippen LogP contribution in [0.3, 0.4) is 0 Å². The first-order valence-corrected chi connectivity index (χ1v) is 10.7. The summed E-state index contributed by atoms with van der Waals surface area (Å²) >= 11 is 0. The Bertz CT molecular complexity index is 1110. The van der Waals surface area contributed by atoms with Gasteiger partial charge in [0.2, 0.25) is 0 Å². The maximum atomic E-state index is 14.5. The van der Waals surface area contributed by atoms with E-state index in [9.17, 15) is 9.18 Å². The van der Waals surface area contributed by atoms with Crippen molar-refractivity contribution in [2.45, 2.75) is 46.1 Å². The monoisotopic (exact) mass is 426 g/mol. The van der Waals surface area contributed by atoms with Crippen molar-refractivity contribution in [3.63, 3.8) is 0 Å². The average molecular weight is 426 g/mol. The van der Waals surface area contributed by atoms with Gasteiger partial charge in [-0.15, -0.1) is 0 Å². The van der Waals surface area contributed by atoms with Gasteiger partial charge < -0.3 is 15.0 Å². The van der Waals surface area contributed by atoms with Crippen LogP contribution in [-0.2, 0) is 4.74 Å². The van der Waals surface area contributed by atoms with Crippen molar-refractivity contribution in [1.29, 1.82) is 0 Å². The van der Waals surface area contributed by atoms with Crippen LogP contribution in [0.2, 0.25) is 0 Å². The van der Waals surface area contributed by atoms with Gasteiger partial charge in [0.05, 0.1) is 24.4 Å². The third-order valence-electron chi connectivity index (χ3n) is 6.56. The molecule has 1 saturated heterocycles. The van der Waals surface area contributed by atoms with E-state index >= 15 is 0 Å². The second-order valence-electron chi connectivity index (χ2n) is 9.70. The molecule has 1 fully saturated rings. The van der Waals surface area contributed by atoms with Crippen LogP contribution in [-0.4, -0.2) is 52.1 Å². The van der Waals surface area contributed by atoms with Crippen LogP contribution in [0, 0.1) is 10.8 Å². The predicted octanol–water partition coefficient (Wildman–Crippen LogP) is 3.10. The minimum absolute atomic E-state index is 0.0214. The van der Waals surface area contributed by atoms with Crippen LogP contribution in [0.1, 0.15) is 50.4 Å². The lowest BCUT2D eigenvalue weighted by Crippen LogP contribution is -2.50. The molecular weight excluding hydrogens is 399 g/mol. The molecule has 3 aliphatic rings. The number of aliphatic imine (C=N–C) groups is 1. The highest BCUT2D eigenvalue weighted by Crippen LogP contribution is 2.44. The summed E-state index contributed by atoms with van der Waals surface area (Å²) in [6, 6.07) is 1.87. The smallest absolute Gasteiger partial charge is 0.256 e. The zero-order chi connectivity index (χ0) is 21.8. The minimum Gasteiger partial charge on any atom is -0.480 e. The molecule has 0 saturated carbocycles. The van der Waals surface area contributed by atoms with Crippen molar-refractivity contribution >= 4 is 23.3 Å². The Balaban J connectivity index is 1.65. The quantitative estimate of drug-likeness (QED) is 0.700. The van der Waals surface area contributed by atoms with E-state index in [0.717, 1.165) is 25.2 Å². The number of nitrogens with one attached hydrogen (secondary N) is 1. The standard InChI is InChI=1S/C22H27FN6O2/c1-21(2)12-25-19(30)15-11-26-29-8-6-17(27-18(15)29)28-7-4-5-16(28)22(3)9-14(23)10-24-20(22)31-13-21/h6,8,10-11,16H,4-5,7,9,12-13H2,1-3H3,(H,25,30)/t16-,22?/m1/s1. The van der Waals surface area contributed by atoms with Crippen molar-refractivity contribution in [1.82, 2.24) is 19.9 Å². The molecule has 0 spiro atoms. The van der Waals surface area contributed by atoms with Crippen LogP contribution in [0.4, 0.5) is 10.2 Å². The van der Waals surface area contributed by atoms with Gasteiger partial charge in [-0.1, -0.05) is 13.8 Å². The molecule has 2 aromatic heterocycles. The molecule has 2 bridgehead atoms. The summed E-state index contributed by atoms with van der Waals surface area (Å²) in [6.07, 6.45) is 6.71. The second kappa shape index (κ2) is 7.03. The molecule has 3 aliphatic heterocycles. The van der Waals surface area contributed by atoms with E-state index in [0.29, 0.717) is 30.3 Å². The number of carbonyl (C=O) groups is 1. The highest BCUT2D eigenvalue weighted by atomic mass is 19.1. The number of anilines is 1. The fourth-order valence-electron chi connectivity index (χ4n) is 4.82. The lowest BCUT2D eigenvalue weighted by Gasteiger charge is -2.42. The Kier molecular flexibility index (Phi) is 4.53. The first kappa shape index (κ1) is 20.0. The van der Waals surface area contributed by atoms with Gasteiger partial charge in [-0.05, 0) is 25.8 Å². The lowest BCUT2D eigenvalue weighted by molar-refractivity contribution is 0.0904. The molecule has 164 valence electrons. The molecule has 0 radical (unpaired) electrons. The van der Waals surface area contributed by atoms with Gasteiger partial charge in [0.15, 0.2) is 11.5 Å². The predicted molar refractivity (Wildman–Crippen MR) is 115 cm³/mol. The summed E-state index contributed by atoms with van der Waals surface area (Å²) in [7, 11) is 0. The summed E-state index contributed by atoms with van der Waals surface area (Å²) in [5.74, 6) is 0.842. The average Bonchev–Trinajstić information content (AvgIpc) is 3.38. The van der Waals surface area contributed by atoms with Crippen molar-refractivity contribution in [2.75, 3.05) is 24.6 Å². The molecule has 2 atom stereocenters. The number of allylic oxidation sites excluding steroid dienone is 1. The van der Waals surface area contributed by atoms with Gasteiger partial charge in [-0.3, -0.25) is 4.79 Å². The van der Waals surface area contributed by atoms with Crippen molar-refractivity contribution in [2.24, 2.45) is 15.8 Å². The van der Waals surface area contributed by atoms with Crippen LogP contribution < -0.4 is 10.2 Å². The molecule has 1 unspecified atom stereocenters. The number of aromatic nitrogens is 3. The van der Waals surface area contributed by atoms with Crippen molar-refractivity contribution in [3.8, 4) is 0 Å². The maximum absolute atomic E-state index is 14.5. The fraction of sp³-hybridized carbons (Fsp3) is 0.545. The van der Waals surface area contributed by atoms with E-state index in [1.165, 1.54) is 6.20 Å². The first-order valence-electron chi connectivity index (χ1n) is 10.7. The van der Waals surface area contributed by atoms with E-state index in [-0.39, 0.29) is 29.6 Å². The molecule has 2 aromatic rings. The number of hydrogen-bond donors (Lipinski definition) is 1. The van der Waals surface area contributed by atoms with Gasteiger partial charge in [0.1, 0.15) is 17.2 Å². The molecule has 5 rings (SSSR count). The molecule has 1 amide bonds. The molecule has 1 N–H and O–H groups in total. The normalized spacial score (nSPS) is 28.2. The number of halogens is 1. The van der Waals surface area contributed by atoms with Crippen LogP contribution in [0.5, 0.6) is 0 Å². The van der Waals surface area contributed by atoms with Gasteiger partial charge in [-0.25, -0.2) is 18.9 Å². The summed E-state index contributed by atoms with van der Waals surface area (Å²) in [4.78, 5) is 24.2. The number of rotatable bonds is 0. The molecule has 5 heterocycles. The van der Waals surface area contributed by atoms with E-state index in [4.69, 9.17) is 9.72 Å². The minimum atomic E-state index is -0.615. The molecule has 8 nitrogen and oxygen atoms in total. The third kappa shape index (κ3) is 3.36. The Hall–Kier alpha value is -2.97. The van der Waals surface area contributed by atoms with Gasteiger partial charge in [0, 0.05) is 37.2 Å². The fourth-order valence-corrected chi connectivity index (χ4v) is 4.82. The number of fused-ring (bicyclic) bond motifs is 5. The molecule has 9 heteroatoms. The lowest BCUT2D eigenvalue weighted by atomic mass is 9.76. The van der Waals surface area contributed by atoms with Gasteiger partial charge >= 0.3 is 0 Å². The Labute approximate surface area is 180 Å². The topological polar surface area (TPSA) is 84.1 Å². The zero-order valence-corrected chi connectivity index (χ0v) is 18.1. The highest BCUT2D eigenvalue weighted by molar-refractivity contribution is 5.99. The van der Waals surface area contributed by atoms with Crippen LogP contribution in [0.25, 0.3) is 5.65 Å². The first-order chi connectivity index (χ1) is 14.8. The third-order valence-corrected chi connectivity index (χ3v) is 6.56. The van der Waals surface area contributed by atoms with Gasteiger partial charge in [-0.2, -0.15) is 5.10 Å². The summed E-state index contributed by atoms with van der Waals surface area (Å²) in [5, 5.41) is 7.27. The number of nitrogens with zero attached hydrogens (tertiary/aromatic N) is 5. The van der Waals surface area contributed by atoms with Gasteiger partial charge in [0.25, 0.3) is 5.91 Å². The number of carbonyl (C=O) groups excluding carboxylic acids is 1. The molecule has 0 aromatic carbocycles. The number of ether oxygens (including phenoxy) is 1. The van der Waals surface area contributed by atoms with Crippen LogP contribution >= 0.6 is 0 Å². The Morgan fingerprint density at radius 3 is 3.00 bits per heavy atom. The summed E-state index contributed by atoms with van der Waals surface area (Å²) < 4.78 is 22.3. The summed E-state index contributed by atoms with van der Waals surface area (Å²) in [5.41, 5.74) is -0.0119. The molecular formula is C22H27FN6O2. The highest BCUT2D eigenvalue weighted by Gasteiger charge is 2.48. The number of hydrogen-bond acceptors (Lipinski definition) is 6. The van der Waals surface area contributed by atoms with Crippen molar-refractivity contribution in [3.05, 3.63) is 36.1 Å². The Morgan fingerprint density at radius 2 is 2.16 bits per heavy atom. The second-order valence-corrected chi connectivity index (χ2v) is 9.70. The van der Waals surface area contributed by atoms with Crippen molar-refractivity contribution < 1.29 is 13.9 Å².